The summed E-state index contributed by atoms with van der Waals surface area (Å²) in [5, 5.41) is 8.71. The number of fused-ring (bicyclic) bond motifs is 2. The second-order valence-electron chi connectivity index (χ2n) is 5.95. The van der Waals surface area contributed by atoms with Crippen LogP contribution < -0.4 is 0 Å². The second-order valence-corrected chi connectivity index (χ2v) is 6.31. The summed E-state index contributed by atoms with van der Waals surface area (Å²) in [4.78, 5) is 8.76. The molecule has 1 aliphatic carbocycles. The van der Waals surface area contributed by atoms with Crippen LogP contribution in [0.4, 0.5) is 0 Å². The molecule has 4 heterocycles. The van der Waals surface area contributed by atoms with Gasteiger partial charge in [-0.15, -0.1) is 5.10 Å². The van der Waals surface area contributed by atoms with Gasteiger partial charge in [0.2, 0.25) is 0 Å². The summed E-state index contributed by atoms with van der Waals surface area (Å²) in [6.45, 7) is 0.516. The van der Waals surface area contributed by atoms with Crippen LogP contribution in [0.3, 0.4) is 0 Å². The molecule has 4 aromatic heterocycles. The van der Waals surface area contributed by atoms with E-state index in [1.165, 1.54) is 18.4 Å². The highest BCUT2D eigenvalue weighted by Gasteiger charge is 2.23. The van der Waals surface area contributed by atoms with Crippen LogP contribution in [0.1, 0.15) is 30.0 Å². The Morgan fingerprint density at radius 3 is 2.96 bits per heavy atom. The molecule has 0 amide bonds. The first-order chi connectivity index (χ1) is 11.3. The third kappa shape index (κ3) is 2.17. The molecule has 0 aromatic carbocycles. The number of imidazole rings is 1. The van der Waals surface area contributed by atoms with Crippen molar-refractivity contribution < 1.29 is 0 Å². The van der Waals surface area contributed by atoms with Crippen LogP contribution in [-0.4, -0.2) is 29.4 Å². The summed E-state index contributed by atoms with van der Waals surface area (Å²) >= 11 is 6.17. The third-order valence-corrected chi connectivity index (χ3v) is 4.54. The van der Waals surface area contributed by atoms with E-state index in [-0.39, 0.29) is 0 Å². The quantitative estimate of drug-likeness (QED) is 0.543. The molecule has 5 rings (SSSR count). The fourth-order valence-electron chi connectivity index (χ4n) is 2.95. The Bertz CT molecular complexity index is 1030. The molecule has 0 spiro atoms. The number of nitrogens with zero attached hydrogens (tertiary/aromatic N) is 6. The zero-order chi connectivity index (χ0) is 15.4. The number of aromatic nitrogens is 6. The van der Waals surface area contributed by atoms with Gasteiger partial charge in [-0.25, -0.2) is 14.6 Å². The molecule has 1 aliphatic rings. The Hall–Kier alpha value is -2.47. The van der Waals surface area contributed by atoms with E-state index in [1.807, 2.05) is 6.20 Å². The lowest BCUT2D eigenvalue weighted by Gasteiger charge is -1.99. The molecule has 0 unspecified atom stereocenters. The second kappa shape index (κ2) is 4.76. The molecule has 0 radical (unpaired) electrons. The lowest BCUT2D eigenvalue weighted by molar-refractivity contribution is 0.660. The number of hydrogen-bond donors (Lipinski definition) is 0. The van der Waals surface area contributed by atoms with Crippen molar-refractivity contribution in [2.24, 2.45) is 0 Å². The normalized spacial score (nSPS) is 14.8. The maximum absolute atomic E-state index is 6.17. The minimum Gasteiger partial charge on any atom is -0.306 e. The molecule has 23 heavy (non-hydrogen) atoms. The topological polar surface area (TPSA) is 60.9 Å². The summed E-state index contributed by atoms with van der Waals surface area (Å²) in [6.07, 6.45) is 8.44. The van der Waals surface area contributed by atoms with Crippen LogP contribution in [0.5, 0.6) is 0 Å². The smallest absolute Gasteiger partial charge is 0.156 e. The van der Waals surface area contributed by atoms with Crippen molar-refractivity contribution in [3.8, 4) is 0 Å². The Morgan fingerprint density at radius 2 is 2.09 bits per heavy atom. The predicted molar refractivity (Wildman–Crippen MR) is 86.6 cm³/mol. The first-order valence-corrected chi connectivity index (χ1v) is 7.97. The van der Waals surface area contributed by atoms with Gasteiger partial charge < -0.3 is 4.40 Å². The fraction of sp³-hybridized carbons (Fsp3) is 0.250. The molecule has 0 saturated heterocycles. The van der Waals surface area contributed by atoms with Gasteiger partial charge in [-0.3, -0.25) is 0 Å². The maximum atomic E-state index is 6.17. The number of pyridine rings is 2. The first kappa shape index (κ1) is 13.0. The van der Waals surface area contributed by atoms with E-state index in [4.69, 9.17) is 11.6 Å². The summed E-state index contributed by atoms with van der Waals surface area (Å²) in [6, 6.07) is 6.05. The molecule has 0 atom stereocenters. The van der Waals surface area contributed by atoms with Crippen LogP contribution in [0.15, 0.2) is 36.8 Å². The molecule has 0 bridgehead atoms. The van der Waals surface area contributed by atoms with Gasteiger partial charge in [0.25, 0.3) is 0 Å². The van der Waals surface area contributed by atoms with Crippen molar-refractivity contribution >= 4 is 28.3 Å². The van der Waals surface area contributed by atoms with Gasteiger partial charge in [0, 0.05) is 18.6 Å². The van der Waals surface area contributed by atoms with Crippen molar-refractivity contribution in [1.29, 1.82) is 0 Å². The number of rotatable bonds is 3. The molecule has 1 fully saturated rings. The number of hydrogen-bond acceptors (Lipinski definition) is 4. The Balaban J connectivity index is 1.55. The Kier molecular flexibility index (Phi) is 2.69. The van der Waals surface area contributed by atoms with E-state index < -0.39 is 0 Å². The highest BCUT2D eigenvalue weighted by molar-refractivity contribution is 6.33. The van der Waals surface area contributed by atoms with E-state index in [9.17, 15) is 0 Å². The monoisotopic (exact) mass is 324 g/mol. The zero-order valence-corrected chi connectivity index (χ0v) is 13.0. The van der Waals surface area contributed by atoms with E-state index in [0.29, 0.717) is 11.7 Å². The van der Waals surface area contributed by atoms with Crippen LogP contribution in [0.2, 0.25) is 5.15 Å². The first-order valence-electron chi connectivity index (χ1n) is 7.59. The molecule has 6 nitrogen and oxygen atoms in total. The van der Waals surface area contributed by atoms with Crippen LogP contribution in [-0.2, 0) is 6.54 Å². The molecular weight excluding hydrogens is 312 g/mol. The Morgan fingerprint density at radius 1 is 1.17 bits per heavy atom. The van der Waals surface area contributed by atoms with Crippen molar-refractivity contribution in [3.05, 3.63) is 53.2 Å². The van der Waals surface area contributed by atoms with Gasteiger partial charge in [0.1, 0.15) is 16.7 Å². The summed E-state index contributed by atoms with van der Waals surface area (Å²) in [5.74, 6) is 0.731. The standard InChI is InChI=1S/C16H13ClN6/c17-16-15-13(5-6-18-16)20-21-23(15)9-12-8-22-7-11(10-1-2-10)3-4-14(22)19-12/h3-8,10H,1-2,9H2. The zero-order valence-electron chi connectivity index (χ0n) is 12.2. The maximum Gasteiger partial charge on any atom is 0.156 e. The van der Waals surface area contributed by atoms with Crippen LogP contribution >= 0.6 is 11.6 Å². The largest absolute Gasteiger partial charge is 0.306 e. The van der Waals surface area contributed by atoms with Crippen molar-refractivity contribution in [3.63, 3.8) is 0 Å². The lowest BCUT2D eigenvalue weighted by Crippen LogP contribution is -2.02. The fourth-order valence-corrected chi connectivity index (χ4v) is 3.20. The summed E-state index contributed by atoms with van der Waals surface area (Å²) < 4.78 is 3.83. The molecule has 0 aliphatic heterocycles. The minimum absolute atomic E-state index is 0.410. The molecule has 4 aromatic rings. The molecular formula is C16H13ClN6. The lowest BCUT2D eigenvalue weighted by atomic mass is 10.2. The third-order valence-electron chi connectivity index (χ3n) is 4.26. The van der Waals surface area contributed by atoms with Gasteiger partial charge in [0.05, 0.1) is 12.2 Å². The summed E-state index contributed by atoms with van der Waals surface area (Å²) in [5.41, 5.74) is 4.73. The van der Waals surface area contributed by atoms with Crippen molar-refractivity contribution in [1.82, 2.24) is 29.4 Å². The van der Waals surface area contributed by atoms with Gasteiger partial charge in [-0.1, -0.05) is 22.9 Å². The van der Waals surface area contributed by atoms with Crippen LogP contribution in [0.25, 0.3) is 16.7 Å². The molecule has 7 heteroatoms. The van der Waals surface area contributed by atoms with Crippen LogP contribution in [0, 0.1) is 0 Å². The van der Waals surface area contributed by atoms with Crippen molar-refractivity contribution in [2.45, 2.75) is 25.3 Å². The minimum atomic E-state index is 0.410. The average Bonchev–Trinajstić information content (AvgIpc) is 3.20. The van der Waals surface area contributed by atoms with Gasteiger partial charge in [-0.2, -0.15) is 0 Å². The van der Waals surface area contributed by atoms with E-state index >= 15 is 0 Å². The van der Waals surface area contributed by atoms with Gasteiger partial charge >= 0.3 is 0 Å². The number of halogens is 1. The predicted octanol–water partition coefficient (Wildman–Crippen LogP) is 3.05. The SMILES string of the molecule is Clc1nccc2nnn(Cc3cn4cc(C5CC5)ccc4n3)c12. The summed E-state index contributed by atoms with van der Waals surface area (Å²) in [7, 11) is 0. The molecule has 1 saturated carbocycles. The molecule has 0 N–H and O–H groups in total. The van der Waals surface area contributed by atoms with Crippen molar-refractivity contribution in [2.75, 3.05) is 0 Å². The highest BCUT2D eigenvalue weighted by atomic mass is 35.5. The molecule has 114 valence electrons. The van der Waals surface area contributed by atoms with Gasteiger partial charge in [-0.05, 0) is 36.5 Å². The Labute approximate surface area is 136 Å². The van der Waals surface area contributed by atoms with E-state index in [2.05, 4.69) is 43.0 Å². The van der Waals surface area contributed by atoms with E-state index in [1.54, 1.807) is 16.9 Å². The highest BCUT2D eigenvalue weighted by Crippen LogP contribution is 2.39. The van der Waals surface area contributed by atoms with Gasteiger partial charge in [0.15, 0.2) is 5.15 Å². The average molecular weight is 325 g/mol. The van der Waals surface area contributed by atoms with E-state index in [0.717, 1.165) is 28.3 Å².